The minimum atomic E-state index is -1.08. The lowest BCUT2D eigenvalue weighted by Crippen LogP contribution is -2.40. The van der Waals surface area contributed by atoms with Crippen molar-refractivity contribution >= 4 is 29.3 Å². The molecule has 1 aliphatic carbocycles. The molecule has 176 valence electrons. The lowest BCUT2D eigenvalue weighted by molar-refractivity contribution is -0.139. The van der Waals surface area contributed by atoms with Crippen LogP contribution in [0.15, 0.2) is 53.9 Å². The summed E-state index contributed by atoms with van der Waals surface area (Å²) in [5, 5.41) is 16.4. The monoisotopic (exact) mass is 479 g/mol. The molecule has 1 atom stereocenters. The summed E-state index contributed by atoms with van der Waals surface area (Å²) in [6.07, 6.45) is 0.391. The van der Waals surface area contributed by atoms with E-state index in [2.05, 4.69) is 39.9 Å². The molecule has 0 saturated carbocycles. The molecule has 1 aliphatic rings. The lowest BCUT2D eigenvalue weighted by Gasteiger charge is -2.14. The highest BCUT2D eigenvalue weighted by Gasteiger charge is 2.29. The first-order valence-electron chi connectivity index (χ1n) is 11.0. The van der Waals surface area contributed by atoms with Crippen molar-refractivity contribution in [3.05, 3.63) is 75.7 Å². The molecule has 0 fully saturated rings. The van der Waals surface area contributed by atoms with Gasteiger partial charge in [0, 0.05) is 11.3 Å². The third-order valence-corrected chi connectivity index (χ3v) is 6.54. The van der Waals surface area contributed by atoms with Crippen LogP contribution in [-0.4, -0.2) is 40.7 Å². The van der Waals surface area contributed by atoms with Crippen LogP contribution in [-0.2, 0) is 16.1 Å². The van der Waals surface area contributed by atoms with Gasteiger partial charge in [0.25, 0.3) is 5.91 Å². The van der Waals surface area contributed by atoms with Crippen LogP contribution in [0.4, 0.5) is 4.79 Å². The van der Waals surface area contributed by atoms with Crippen molar-refractivity contribution in [3.63, 3.8) is 0 Å². The van der Waals surface area contributed by atoms with Crippen LogP contribution < -0.4 is 10.6 Å². The highest BCUT2D eigenvalue weighted by atomic mass is 32.1. The van der Waals surface area contributed by atoms with Gasteiger partial charge in [0.1, 0.15) is 23.4 Å². The number of thiazole rings is 1. The molecule has 4 rings (SSSR count). The van der Waals surface area contributed by atoms with Crippen molar-refractivity contribution in [1.29, 1.82) is 0 Å². The van der Waals surface area contributed by atoms with Crippen molar-refractivity contribution in [2.75, 3.05) is 6.61 Å². The molecule has 0 bridgehead atoms. The molecule has 3 aromatic rings. The number of carbonyl (C=O) groups is 3. The summed E-state index contributed by atoms with van der Waals surface area (Å²) in [7, 11) is 0. The second kappa shape index (κ2) is 10.5. The number of hydrogen-bond acceptors (Lipinski definition) is 6. The molecule has 1 heterocycles. The molecule has 3 N–H and O–H groups in total. The van der Waals surface area contributed by atoms with Crippen LogP contribution in [0.3, 0.4) is 0 Å². The number of aromatic nitrogens is 1. The van der Waals surface area contributed by atoms with Crippen molar-refractivity contribution in [2.24, 2.45) is 0 Å². The summed E-state index contributed by atoms with van der Waals surface area (Å²) < 4.78 is 5.50. The zero-order valence-corrected chi connectivity index (χ0v) is 19.4. The third kappa shape index (κ3) is 5.09. The van der Waals surface area contributed by atoms with E-state index in [1.165, 1.54) is 16.7 Å². The van der Waals surface area contributed by atoms with Gasteiger partial charge in [0.05, 0.1) is 6.54 Å². The van der Waals surface area contributed by atoms with E-state index in [4.69, 9.17) is 4.74 Å². The van der Waals surface area contributed by atoms with E-state index < -0.39 is 24.0 Å². The van der Waals surface area contributed by atoms with E-state index in [0.29, 0.717) is 17.8 Å². The molecule has 1 aromatic heterocycles. The fourth-order valence-electron chi connectivity index (χ4n) is 4.07. The van der Waals surface area contributed by atoms with Crippen molar-refractivity contribution in [2.45, 2.75) is 38.3 Å². The van der Waals surface area contributed by atoms with Gasteiger partial charge in [-0.15, -0.1) is 11.3 Å². The third-order valence-electron chi connectivity index (χ3n) is 5.69. The van der Waals surface area contributed by atoms with Gasteiger partial charge in [0.2, 0.25) is 0 Å². The molecule has 2 amide bonds. The van der Waals surface area contributed by atoms with E-state index in [1.54, 1.807) is 0 Å². The number of nitrogens with zero attached hydrogens (tertiary/aromatic N) is 1. The van der Waals surface area contributed by atoms with E-state index >= 15 is 0 Å². The second-order valence-electron chi connectivity index (χ2n) is 7.96. The SMILES string of the molecule is CCC[C@H](NC(=O)c1csc(CNC(=O)OCC2c3ccccc3-c3ccccc32)n1)C(=O)O. The fourth-order valence-corrected chi connectivity index (χ4v) is 4.79. The predicted molar refractivity (Wildman–Crippen MR) is 128 cm³/mol. The maximum absolute atomic E-state index is 12.3. The Hall–Kier alpha value is -3.72. The average molecular weight is 480 g/mol. The maximum Gasteiger partial charge on any atom is 0.407 e. The summed E-state index contributed by atoms with van der Waals surface area (Å²) in [4.78, 5) is 40.1. The molecular formula is C25H25N3O5S. The molecule has 0 spiro atoms. The molecule has 0 radical (unpaired) electrons. The van der Waals surface area contributed by atoms with Gasteiger partial charge >= 0.3 is 12.1 Å². The van der Waals surface area contributed by atoms with E-state index in [9.17, 15) is 19.5 Å². The topological polar surface area (TPSA) is 118 Å². The fraction of sp³-hybridized carbons (Fsp3) is 0.280. The number of aliphatic carboxylic acids is 1. The van der Waals surface area contributed by atoms with Gasteiger partial charge in [0.15, 0.2) is 0 Å². The molecule has 2 aromatic carbocycles. The minimum Gasteiger partial charge on any atom is -0.480 e. The molecule has 0 aliphatic heterocycles. The zero-order valence-electron chi connectivity index (χ0n) is 18.6. The standard InChI is InChI=1S/C25H25N3O5S/c1-2-7-20(24(30)31)28-23(29)21-14-34-22(27-21)12-26-25(32)33-13-19-17-10-5-3-8-15(17)16-9-4-6-11-18(16)19/h3-6,8-11,14,19-20H,2,7,12-13H2,1H3,(H,26,32)(H,28,29)(H,30,31)/t20-/m0/s1. The van der Waals surface area contributed by atoms with Crippen molar-refractivity contribution in [3.8, 4) is 11.1 Å². The van der Waals surface area contributed by atoms with Crippen LogP contribution >= 0.6 is 11.3 Å². The van der Waals surface area contributed by atoms with E-state index in [-0.39, 0.29) is 24.8 Å². The number of benzene rings is 2. The van der Waals surface area contributed by atoms with Gasteiger partial charge in [-0.2, -0.15) is 0 Å². The smallest absolute Gasteiger partial charge is 0.407 e. The van der Waals surface area contributed by atoms with E-state index in [1.807, 2.05) is 31.2 Å². The number of alkyl carbamates (subject to hydrolysis) is 1. The Bertz CT molecular complexity index is 1160. The van der Waals surface area contributed by atoms with E-state index in [0.717, 1.165) is 22.3 Å². The average Bonchev–Trinajstić information content (AvgIpc) is 3.44. The number of carboxylic acids is 1. The first-order chi connectivity index (χ1) is 16.5. The molecule has 0 saturated heterocycles. The van der Waals surface area contributed by atoms with Gasteiger partial charge < -0.3 is 20.5 Å². The Morgan fingerprint density at radius 3 is 2.35 bits per heavy atom. The highest BCUT2D eigenvalue weighted by molar-refractivity contribution is 7.09. The summed E-state index contributed by atoms with van der Waals surface area (Å²) >= 11 is 1.20. The Kier molecular flexibility index (Phi) is 7.22. The van der Waals surface area contributed by atoms with Crippen molar-refractivity contribution in [1.82, 2.24) is 15.6 Å². The summed E-state index contributed by atoms with van der Waals surface area (Å²) in [6, 6.07) is 15.3. The quantitative estimate of drug-likeness (QED) is 0.424. The van der Waals surface area contributed by atoms with Crippen LogP contribution in [0.2, 0.25) is 0 Å². The Morgan fingerprint density at radius 2 is 1.74 bits per heavy atom. The second-order valence-corrected chi connectivity index (χ2v) is 8.90. The summed E-state index contributed by atoms with van der Waals surface area (Å²) in [6.45, 7) is 2.16. The Morgan fingerprint density at radius 1 is 1.09 bits per heavy atom. The highest BCUT2D eigenvalue weighted by Crippen LogP contribution is 2.44. The van der Waals surface area contributed by atoms with Gasteiger partial charge in [-0.3, -0.25) is 4.79 Å². The molecular weight excluding hydrogens is 454 g/mol. The Balaban J connectivity index is 1.30. The predicted octanol–water partition coefficient (Wildman–Crippen LogP) is 4.16. The molecule has 34 heavy (non-hydrogen) atoms. The summed E-state index contributed by atoms with van der Waals surface area (Å²) in [5.41, 5.74) is 4.70. The number of fused-ring (bicyclic) bond motifs is 3. The van der Waals surface area contributed by atoms with Crippen LogP contribution in [0.1, 0.15) is 52.3 Å². The maximum atomic E-state index is 12.3. The Labute approximate surface area is 201 Å². The number of hydrogen-bond donors (Lipinski definition) is 3. The zero-order chi connectivity index (χ0) is 24.1. The minimum absolute atomic E-state index is 0.0291. The lowest BCUT2D eigenvalue weighted by atomic mass is 9.98. The van der Waals surface area contributed by atoms with Crippen LogP contribution in [0.5, 0.6) is 0 Å². The van der Waals surface area contributed by atoms with Gasteiger partial charge in [-0.1, -0.05) is 61.9 Å². The molecule has 0 unspecified atom stereocenters. The molecule has 8 nitrogen and oxygen atoms in total. The number of rotatable bonds is 9. The number of ether oxygens (including phenoxy) is 1. The number of carbonyl (C=O) groups excluding carboxylic acids is 2. The van der Waals surface area contributed by atoms with Gasteiger partial charge in [-0.25, -0.2) is 14.6 Å². The largest absolute Gasteiger partial charge is 0.480 e. The number of carboxylic acid groups (broad SMARTS) is 1. The van der Waals surface area contributed by atoms with Crippen LogP contribution in [0, 0.1) is 0 Å². The molecule has 9 heteroatoms. The normalized spacial score (nSPS) is 13.0. The van der Waals surface area contributed by atoms with Gasteiger partial charge in [-0.05, 0) is 28.7 Å². The number of nitrogens with one attached hydrogen (secondary N) is 2. The number of amides is 2. The first kappa shape index (κ1) is 23.4. The first-order valence-corrected chi connectivity index (χ1v) is 11.9. The van der Waals surface area contributed by atoms with Crippen LogP contribution in [0.25, 0.3) is 11.1 Å². The summed E-state index contributed by atoms with van der Waals surface area (Å²) in [5.74, 6) is -1.66. The van der Waals surface area contributed by atoms with Crippen molar-refractivity contribution < 1.29 is 24.2 Å².